The number of carbonyl (C=O) groups excluding carboxylic acids is 5. The van der Waals surface area contributed by atoms with Gasteiger partial charge in [0.05, 0.1) is 0 Å². The molecular weight excluding hydrogens is 572 g/mol. The number of thioether (sulfide) groups is 1. The summed E-state index contributed by atoms with van der Waals surface area (Å²) in [6.07, 6.45) is -1.24. The largest absolute Gasteiger partial charge is 0.477 e. The Morgan fingerprint density at radius 3 is 2.52 bits per heavy atom. The highest BCUT2D eigenvalue weighted by Crippen LogP contribution is 2.40. The molecule has 2 aliphatic rings. The van der Waals surface area contributed by atoms with Crippen LogP contribution in [0.3, 0.4) is 0 Å². The molecule has 0 saturated carbocycles. The Morgan fingerprint density at radius 1 is 1.23 bits per heavy atom. The second-order valence-corrected chi connectivity index (χ2v) is 11.2. The molecule has 40 heavy (non-hydrogen) atoms. The number of carboxylic acid groups (broad SMARTS) is 1. The van der Waals surface area contributed by atoms with Crippen LogP contribution in [0.2, 0.25) is 0 Å². The van der Waals surface area contributed by atoms with Gasteiger partial charge in [-0.1, -0.05) is 5.16 Å². The van der Waals surface area contributed by atoms with E-state index < -0.39 is 71.4 Å². The van der Waals surface area contributed by atoms with Gasteiger partial charge in [0.2, 0.25) is 16.7 Å². The molecule has 0 radical (unpaired) electrons. The summed E-state index contributed by atoms with van der Waals surface area (Å²) >= 11 is 1.90. The van der Waals surface area contributed by atoms with Gasteiger partial charge in [0.1, 0.15) is 48.6 Å². The van der Waals surface area contributed by atoms with Crippen LogP contribution < -0.4 is 10.6 Å². The van der Waals surface area contributed by atoms with Crippen molar-refractivity contribution in [3.05, 3.63) is 17.1 Å². The van der Waals surface area contributed by atoms with E-state index in [9.17, 15) is 33.9 Å². The summed E-state index contributed by atoms with van der Waals surface area (Å²) in [5, 5.41) is 17.5. The standard InChI is InChI=1S/C22H26N6O10S2/c1-9(29)6-11(30)37-7-10-8-39-18-13(17(32)28(18)14(10)19(33)34)23-16(31)12(26-36-5)15-24-20(40-27-15)25-21(35)38-22(2,3)4/h13,18H,6-8H2,1-5H3,(H,23,31)(H,33,34)(H,24,25,27,35)/b26-12-/t13-,18-/m1/s1. The van der Waals surface area contributed by atoms with Crippen molar-refractivity contribution < 1.29 is 48.2 Å². The number of anilines is 1. The minimum Gasteiger partial charge on any atom is -0.477 e. The van der Waals surface area contributed by atoms with Crippen LogP contribution in [0.5, 0.6) is 0 Å². The lowest BCUT2D eigenvalue weighted by atomic mass is 10.0. The molecule has 216 valence electrons. The fourth-order valence-electron chi connectivity index (χ4n) is 3.46. The van der Waals surface area contributed by atoms with Crippen LogP contribution in [0, 0.1) is 0 Å². The average Bonchev–Trinajstić information content (AvgIpc) is 3.29. The van der Waals surface area contributed by atoms with Crippen LogP contribution in [0.15, 0.2) is 16.4 Å². The molecule has 2 aliphatic heterocycles. The molecule has 3 rings (SSSR count). The van der Waals surface area contributed by atoms with Crippen molar-refractivity contribution in [1.29, 1.82) is 0 Å². The first-order valence-corrected chi connectivity index (χ1v) is 13.3. The van der Waals surface area contributed by atoms with E-state index in [4.69, 9.17) is 14.3 Å². The number of rotatable bonds is 10. The van der Waals surface area contributed by atoms with Gasteiger partial charge in [0, 0.05) is 22.9 Å². The number of esters is 1. The Balaban J connectivity index is 1.70. The molecule has 1 fully saturated rings. The fraction of sp³-hybridized carbons (Fsp3) is 0.500. The Hall–Kier alpha value is -4.06. The average molecular weight is 599 g/mol. The predicted molar refractivity (Wildman–Crippen MR) is 139 cm³/mol. The van der Waals surface area contributed by atoms with Gasteiger partial charge >= 0.3 is 18.0 Å². The van der Waals surface area contributed by atoms with E-state index >= 15 is 0 Å². The number of ether oxygens (including phenoxy) is 2. The van der Waals surface area contributed by atoms with E-state index in [0.717, 1.165) is 28.2 Å². The van der Waals surface area contributed by atoms with Crippen LogP contribution in [-0.2, 0) is 38.3 Å². The molecule has 1 saturated heterocycles. The zero-order valence-corrected chi connectivity index (χ0v) is 23.6. The van der Waals surface area contributed by atoms with E-state index in [1.165, 1.54) is 14.0 Å². The summed E-state index contributed by atoms with van der Waals surface area (Å²) in [7, 11) is 1.18. The van der Waals surface area contributed by atoms with Crippen molar-refractivity contribution >= 4 is 69.8 Å². The normalized spacial score (nSPS) is 18.8. The monoisotopic (exact) mass is 598 g/mol. The van der Waals surface area contributed by atoms with Gasteiger partial charge in [0.25, 0.3) is 11.8 Å². The van der Waals surface area contributed by atoms with Crippen molar-refractivity contribution in [2.45, 2.75) is 51.1 Å². The van der Waals surface area contributed by atoms with Gasteiger partial charge < -0.3 is 24.7 Å². The minimum absolute atomic E-state index is 0.0161. The number of β-lactam (4-membered cyclic amide) rings is 1. The highest BCUT2D eigenvalue weighted by Gasteiger charge is 2.54. The molecule has 0 aliphatic carbocycles. The number of aromatic nitrogens is 2. The molecule has 3 heterocycles. The number of fused-ring (bicyclic) bond motifs is 1. The lowest BCUT2D eigenvalue weighted by Gasteiger charge is -2.49. The first-order chi connectivity index (χ1) is 18.7. The van der Waals surface area contributed by atoms with E-state index in [1.807, 2.05) is 0 Å². The van der Waals surface area contributed by atoms with E-state index in [1.54, 1.807) is 20.8 Å². The second kappa shape index (κ2) is 12.4. The quantitative estimate of drug-likeness (QED) is 0.110. The maximum Gasteiger partial charge on any atom is 0.414 e. The number of amides is 3. The number of hydrogen-bond donors (Lipinski definition) is 3. The van der Waals surface area contributed by atoms with E-state index in [-0.39, 0.29) is 28.0 Å². The Kier molecular flexibility index (Phi) is 9.46. The fourth-order valence-corrected chi connectivity index (χ4v) is 5.35. The molecule has 0 aromatic carbocycles. The number of oxime groups is 1. The van der Waals surface area contributed by atoms with E-state index in [2.05, 4.69) is 25.1 Å². The summed E-state index contributed by atoms with van der Waals surface area (Å²) in [5.41, 5.74) is -1.34. The molecule has 18 heteroatoms. The lowest BCUT2D eigenvalue weighted by molar-refractivity contribution is -0.150. The van der Waals surface area contributed by atoms with Crippen molar-refractivity contribution in [2.75, 3.05) is 24.8 Å². The third-order valence-electron chi connectivity index (χ3n) is 4.98. The van der Waals surface area contributed by atoms with Crippen LogP contribution in [-0.4, -0.2) is 97.2 Å². The number of aliphatic carboxylic acids is 1. The summed E-state index contributed by atoms with van der Waals surface area (Å²) < 4.78 is 14.1. The van der Waals surface area contributed by atoms with E-state index in [0.29, 0.717) is 0 Å². The zero-order valence-electron chi connectivity index (χ0n) is 22.0. The smallest absolute Gasteiger partial charge is 0.414 e. The third kappa shape index (κ3) is 7.32. The zero-order chi connectivity index (χ0) is 29.8. The highest BCUT2D eigenvalue weighted by atomic mass is 32.2. The maximum absolute atomic E-state index is 13.0. The summed E-state index contributed by atoms with van der Waals surface area (Å²) in [4.78, 5) is 82.4. The van der Waals surface area contributed by atoms with Gasteiger partial charge in [-0.05, 0) is 27.7 Å². The number of Topliss-reactive ketones (excluding diaryl/α,β-unsaturated/α-hetero) is 1. The Labute approximate surface area is 235 Å². The summed E-state index contributed by atoms with van der Waals surface area (Å²) in [5.74, 6) is -4.36. The first-order valence-electron chi connectivity index (χ1n) is 11.5. The molecule has 0 spiro atoms. The molecule has 16 nitrogen and oxygen atoms in total. The van der Waals surface area contributed by atoms with Crippen molar-refractivity contribution in [3.8, 4) is 0 Å². The highest BCUT2D eigenvalue weighted by molar-refractivity contribution is 8.00. The van der Waals surface area contributed by atoms with Gasteiger partial charge in [-0.2, -0.15) is 9.36 Å². The van der Waals surface area contributed by atoms with Gasteiger partial charge in [-0.15, -0.1) is 11.8 Å². The number of carbonyl (C=O) groups is 6. The number of nitrogens with zero attached hydrogens (tertiary/aromatic N) is 4. The second-order valence-electron chi connectivity index (χ2n) is 9.33. The number of hydrogen-bond acceptors (Lipinski definition) is 14. The maximum atomic E-state index is 13.0. The van der Waals surface area contributed by atoms with Crippen LogP contribution in [0.1, 0.15) is 39.9 Å². The van der Waals surface area contributed by atoms with Crippen molar-refractivity contribution in [2.24, 2.45) is 5.16 Å². The topological polar surface area (TPSA) is 216 Å². The summed E-state index contributed by atoms with van der Waals surface area (Å²) in [6.45, 7) is 5.85. The van der Waals surface area contributed by atoms with Gasteiger partial charge in [-0.25, -0.2) is 9.59 Å². The van der Waals surface area contributed by atoms with Crippen LogP contribution in [0.4, 0.5) is 9.93 Å². The first kappa shape index (κ1) is 30.5. The molecule has 0 unspecified atom stereocenters. The van der Waals surface area contributed by atoms with Crippen molar-refractivity contribution in [1.82, 2.24) is 19.6 Å². The third-order valence-corrected chi connectivity index (χ3v) is 6.95. The summed E-state index contributed by atoms with van der Waals surface area (Å²) in [6, 6.07) is -1.12. The number of carboxylic acids is 1. The molecule has 1 aromatic heterocycles. The SMILES string of the molecule is CO/N=C(\C(=O)N[C@@H]1C(=O)N2C(C(=O)O)=C(COC(=O)CC(C)=O)CS[C@H]12)c1nsc(NC(=O)OC(C)(C)C)n1. The molecular formula is C22H26N6O10S2. The molecule has 3 N–H and O–H groups in total. The number of ketones is 1. The lowest BCUT2D eigenvalue weighted by Crippen LogP contribution is -2.71. The molecule has 2 atom stereocenters. The predicted octanol–water partition coefficient (Wildman–Crippen LogP) is 0.496. The Morgan fingerprint density at radius 2 is 1.93 bits per heavy atom. The van der Waals surface area contributed by atoms with Gasteiger partial charge in [-0.3, -0.25) is 29.4 Å². The molecule has 1 aromatic rings. The van der Waals surface area contributed by atoms with Crippen LogP contribution >= 0.6 is 23.3 Å². The minimum atomic E-state index is -1.42. The molecule has 0 bridgehead atoms. The Bertz CT molecular complexity index is 1300. The van der Waals surface area contributed by atoms with Gasteiger partial charge in [0.15, 0.2) is 0 Å². The van der Waals surface area contributed by atoms with Crippen molar-refractivity contribution in [3.63, 3.8) is 0 Å². The number of nitrogens with one attached hydrogen (secondary N) is 2. The van der Waals surface area contributed by atoms with Crippen LogP contribution in [0.25, 0.3) is 0 Å². The molecule has 3 amide bonds.